The molecule has 0 radical (unpaired) electrons. The molecule has 30 nitrogen and oxygen atoms in total. The molecule has 2 unspecified atom stereocenters. The Bertz CT molecular complexity index is 3890. The number of benzene rings is 5. The zero-order chi connectivity index (χ0) is 89.3. The number of para-hydroxylation sites is 1. The Morgan fingerprint density at radius 1 is 0.451 bits per heavy atom. The fraction of sp³-hybridized carbons (Fsp3) is 0.577. The maximum absolute atomic E-state index is 14.2. The van der Waals surface area contributed by atoms with Gasteiger partial charge in [0.05, 0.1) is 115 Å². The Labute approximate surface area is 705 Å². The second-order valence-electron chi connectivity index (χ2n) is 30.0. The smallest absolute Gasteiger partial charge is 0.273 e. The lowest BCUT2D eigenvalue weighted by Gasteiger charge is -2.38. The molecule has 0 aromatic heterocycles. The lowest BCUT2D eigenvalue weighted by atomic mass is 9.85. The number of nitro benzene ring substituents is 1. The number of nitro groups is 1. The number of halogens is 14. The van der Waals surface area contributed by atoms with Crippen molar-refractivity contribution in [2.24, 2.45) is 41.4 Å². The summed E-state index contributed by atoms with van der Waals surface area (Å²) >= 11 is 0. The van der Waals surface area contributed by atoms with Crippen LogP contribution in [0.25, 0.3) is 0 Å². The third-order valence-electron chi connectivity index (χ3n) is 21.2. The zero-order valence-corrected chi connectivity index (χ0v) is 67.1. The number of carbonyl (C=O) groups is 3. The van der Waals surface area contributed by atoms with Gasteiger partial charge in [0.15, 0.2) is 0 Å². The second kappa shape index (κ2) is 51.4. The molecule has 688 valence electrons. The van der Waals surface area contributed by atoms with Gasteiger partial charge in [-0.25, -0.2) is 52.7 Å². The first kappa shape index (κ1) is 107. The van der Waals surface area contributed by atoms with E-state index in [1.54, 1.807) is 53.4 Å². The molecule has 7 aliphatic heterocycles. The van der Waals surface area contributed by atoms with E-state index in [9.17, 15) is 149 Å². The van der Waals surface area contributed by atoms with Gasteiger partial charge in [-0.05, 0) is 59.2 Å². The molecule has 23 atom stereocenters. The van der Waals surface area contributed by atoms with Crippen LogP contribution in [0.3, 0.4) is 0 Å². The number of nitrogens with one attached hydrogen (secondary N) is 3. The Morgan fingerprint density at radius 3 is 1.39 bits per heavy atom. The fourth-order valence-corrected chi connectivity index (χ4v) is 14.3. The molecule has 0 saturated carbocycles. The highest BCUT2D eigenvalue weighted by molar-refractivity contribution is 5.94. The molecule has 12 rings (SSSR count). The predicted molar refractivity (Wildman–Crippen MR) is 415 cm³/mol. The number of amides is 3. The Hall–Kier alpha value is -7.19. The number of likely N-dealkylation sites (tertiary alicyclic amines) is 4. The minimum absolute atomic E-state index is 0. The summed E-state index contributed by atoms with van der Waals surface area (Å²) in [5, 5.41) is 180. The highest BCUT2D eigenvalue weighted by Gasteiger charge is 2.45. The van der Waals surface area contributed by atoms with E-state index >= 15 is 0 Å². The largest absolute Gasteiger partial charge is 0.396 e. The van der Waals surface area contributed by atoms with Crippen LogP contribution in [-0.4, -0.2) is 339 Å². The molecule has 7 heterocycles. The van der Waals surface area contributed by atoms with Gasteiger partial charge in [0.2, 0.25) is 24.7 Å². The monoisotopic (exact) mass is 1800 g/mol. The van der Waals surface area contributed by atoms with Gasteiger partial charge in [0.25, 0.3) is 11.6 Å². The SMILES string of the molecule is CC(=O)N1C[C@@H](O)[C@H](O)[C@@H](C(F)F)C1.Cl.Cl.O=C(Cc1ccc(F)cc1F)N1C[C@H](CO)[C@@H](O)[C@H](O)C1.O=C(c1ccccc1)N1C[C@@H](O)[C@H](O)[C@@H](C(F)F)C1.O=[N+]([O-])c1ccccc1CN1C[C@H](CO)[C@@H](O)[C@H](O)C1.OC(c1cc(F)cc(F)c1)[C@H]1CNC[C@@H](O)[C@@H]1O.OC[C@H]1CNC[C@H](F)[C@@H]1O.O[C@H]1[C@H](O)CNC[C@@H]1C(F)c1cc(F)cc(F)c1. The van der Waals surface area contributed by atoms with Gasteiger partial charge in [-0.15, -0.1) is 24.8 Å². The molecule has 5 aromatic rings. The zero-order valence-electron chi connectivity index (χ0n) is 65.5. The summed E-state index contributed by atoms with van der Waals surface area (Å²) in [6, 6.07) is 22.8. The molecule has 20 N–H and O–H groups in total. The van der Waals surface area contributed by atoms with Gasteiger partial charge in [0.1, 0.15) is 47.2 Å². The van der Waals surface area contributed by atoms with E-state index in [0.717, 1.165) is 40.1 Å². The molecule has 7 saturated heterocycles. The summed E-state index contributed by atoms with van der Waals surface area (Å²) in [4.78, 5) is 51.0. The maximum Gasteiger partial charge on any atom is 0.273 e. The molecule has 44 heteroatoms. The summed E-state index contributed by atoms with van der Waals surface area (Å²) in [5.74, 6) is -11.9. The molecule has 7 fully saturated rings. The molecular weight excluding hydrogens is 1700 g/mol. The van der Waals surface area contributed by atoms with Gasteiger partial charge < -0.3 is 117 Å². The summed E-state index contributed by atoms with van der Waals surface area (Å²) in [6.45, 7) is 2.19. The first-order valence-corrected chi connectivity index (χ1v) is 38.1. The fourth-order valence-electron chi connectivity index (χ4n) is 14.3. The van der Waals surface area contributed by atoms with E-state index in [-0.39, 0.29) is 164 Å². The normalized spacial score (nSPS) is 29.4. The van der Waals surface area contributed by atoms with Crippen molar-refractivity contribution in [1.82, 2.24) is 35.6 Å². The van der Waals surface area contributed by atoms with E-state index in [1.165, 1.54) is 24.0 Å². The van der Waals surface area contributed by atoms with Crippen molar-refractivity contribution < 1.29 is 159 Å². The summed E-state index contributed by atoms with van der Waals surface area (Å²) < 4.78 is 155. The first-order valence-electron chi connectivity index (χ1n) is 38.1. The topological polar surface area (TPSA) is 487 Å². The van der Waals surface area contributed by atoms with E-state index < -0.39 is 198 Å². The molecule has 122 heavy (non-hydrogen) atoms. The number of hydrogen-bond acceptors (Lipinski definition) is 26. The molecule has 0 spiro atoms. The van der Waals surface area contributed by atoms with Crippen molar-refractivity contribution in [3.05, 3.63) is 182 Å². The molecule has 0 bridgehead atoms. The van der Waals surface area contributed by atoms with Crippen LogP contribution in [0, 0.1) is 86.4 Å². The van der Waals surface area contributed by atoms with Gasteiger partial charge in [-0.1, -0.05) is 42.5 Å². The van der Waals surface area contributed by atoms with Crippen LogP contribution in [0.1, 0.15) is 51.8 Å². The molecule has 7 aliphatic rings. The molecular formula is C78H106Cl2F12N8O22. The average molecular weight is 1810 g/mol. The highest BCUT2D eigenvalue weighted by Crippen LogP contribution is 2.34. The minimum Gasteiger partial charge on any atom is -0.396 e. The van der Waals surface area contributed by atoms with Crippen LogP contribution >= 0.6 is 24.8 Å². The van der Waals surface area contributed by atoms with Crippen LogP contribution in [0.2, 0.25) is 0 Å². The molecule has 0 aliphatic carbocycles. The predicted octanol–water partition coefficient (Wildman–Crippen LogP) is 0.214. The minimum atomic E-state index is -2.78. The van der Waals surface area contributed by atoms with Crippen molar-refractivity contribution in [2.75, 3.05) is 111 Å². The first-order chi connectivity index (χ1) is 56.6. The van der Waals surface area contributed by atoms with Crippen molar-refractivity contribution in [3.63, 3.8) is 0 Å². The Morgan fingerprint density at radius 2 is 0.893 bits per heavy atom. The van der Waals surface area contributed by atoms with Crippen molar-refractivity contribution in [1.29, 1.82) is 0 Å². The molecule has 3 amide bonds. The van der Waals surface area contributed by atoms with Crippen LogP contribution in [0.4, 0.5) is 58.4 Å². The quantitative estimate of drug-likeness (QED) is 0.0378. The highest BCUT2D eigenvalue weighted by atomic mass is 35.5. The van der Waals surface area contributed by atoms with Crippen molar-refractivity contribution in [3.8, 4) is 0 Å². The van der Waals surface area contributed by atoms with Crippen molar-refractivity contribution >= 4 is 48.2 Å². The lowest BCUT2D eigenvalue weighted by Crippen LogP contribution is -2.56. The summed E-state index contributed by atoms with van der Waals surface area (Å²) in [5.41, 5.74) is 0.896. The van der Waals surface area contributed by atoms with Crippen LogP contribution in [0.5, 0.6) is 0 Å². The molecule has 5 aromatic carbocycles. The number of carbonyl (C=O) groups excluding carboxylic acids is 3. The second-order valence-corrected chi connectivity index (χ2v) is 30.0. The average Bonchev–Trinajstić information content (AvgIpc) is 0.818. The number of nitrogens with zero attached hydrogens (tertiary/aromatic N) is 5. The number of piperidine rings is 7. The number of alkyl halides is 6. The Kier molecular flexibility index (Phi) is 45.2. The summed E-state index contributed by atoms with van der Waals surface area (Å²) in [7, 11) is 0. The number of β-amino-alcohol motifs (C(OH)–C–C–N with tert-alkyl or cyclic N) is 6. The third kappa shape index (κ3) is 31.1. The number of hydrogen-bond donors (Lipinski definition) is 20. The third-order valence-corrected chi connectivity index (χ3v) is 21.2. The number of aliphatic hydroxyl groups is 17. The van der Waals surface area contributed by atoms with Gasteiger partial charge in [-0.2, -0.15) is 0 Å². The van der Waals surface area contributed by atoms with Crippen LogP contribution < -0.4 is 16.0 Å². The Balaban J connectivity index is 0.000000301. The van der Waals surface area contributed by atoms with Gasteiger partial charge in [-0.3, -0.25) is 29.4 Å². The summed E-state index contributed by atoms with van der Waals surface area (Å²) in [6.07, 6.45) is -25.2. The standard InChI is InChI=1S/C14H17F2NO4.C13H15F2NO3.C13H18N2O5.C12H14F3NO2.C12H15F2NO3.C8H13F2NO3.C6H12FNO2.2ClH/c15-10-2-1-8(11(16)4-10)3-13(20)17-5-9(7-18)14(21)12(19)6-17;14-12(15)9-6-16(7-10(17)11(9)18)13(19)8-4-2-1-3-5-8;16-8-10-6-14(7-12(17)13(10)18)5-9-3-1-2-4-11(9)15(19)20;13-7-1-6(2-8(14)3-7)11(15)9-4-16-5-10(17)12(9)18;13-7-1-6(2-8(14)3-7)11(17)9-4-15-5-10(16)12(9)18;1-4(12)11-2-5(8(9)10)7(14)6(13)3-11;7-5-2-8-1-4(3-9)6(5)10;;/h1-2,4,9,12,14,18-19,21H,3,5-7H2;1-5,9-12,17-18H,6-7H2;1-4,10,12-13,16-18H,5-8H2;1-3,9-12,16-18H,4-5H2;1-3,9-12,15-18H,4-5H2;5-8,13-14H,2-3H2,1H3;4-6,8-10H,1-3H2;2*1H/t9-,12-,14-;9-,10+,11+;10-,12-,13-;2*9-,10-,11?,12-;5-,6+,7+;4-,5+,6-;;/m1011101../s1. The maximum atomic E-state index is 14.2. The van der Waals surface area contributed by atoms with Gasteiger partial charge in [0, 0.05) is 183 Å². The van der Waals surface area contributed by atoms with Crippen molar-refractivity contribution in [2.45, 2.75) is 131 Å². The van der Waals surface area contributed by atoms with E-state index in [0.29, 0.717) is 49.0 Å². The number of rotatable bonds is 15. The van der Waals surface area contributed by atoms with Crippen LogP contribution in [0.15, 0.2) is 109 Å². The van der Waals surface area contributed by atoms with E-state index in [1.807, 2.05) is 0 Å². The van der Waals surface area contributed by atoms with Crippen LogP contribution in [-0.2, 0) is 22.6 Å². The number of aliphatic hydroxyl groups excluding tert-OH is 17. The van der Waals surface area contributed by atoms with E-state index in [2.05, 4.69) is 16.0 Å². The van der Waals surface area contributed by atoms with E-state index in [4.69, 9.17) is 15.3 Å². The lowest BCUT2D eigenvalue weighted by molar-refractivity contribution is -0.385. The van der Waals surface area contributed by atoms with Gasteiger partial charge >= 0.3 is 0 Å².